The van der Waals surface area contributed by atoms with Crippen molar-refractivity contribution in [2.45, 2.75) is 33.2 Å². The van der Waals surface area contributed by atoms with E-state index in [2.05, 4.69) is 32.9 Å². The molecule has 1 fully saturated rings. The van der Waals surface area contributed by atoms with Gasteiger partial charge in [0.2, 0.25) is 0 Å². The molecule has 1 aliphatic heterocycles. The van der Waals surface area contributed by atoms with Gasteiger partial charge >= 0.3 is 0 Å². The van der Waals surface area contributed by atoms with Gasteiger partial charge in [0, 0.05) is 11.5 Å². The van der Waals surface area contributed by atoms with Gasteiger partial charge in [-0.25, -0.2) is 0 Å². The molecule has 0 aliphatic carbocycles. The molecule has 88 valence electrons. The minimum atomic E-state index is -0.190. The quantitative estimate of drug-likeness (QED) is 0.760. The molecular weight excluding hydrogens is 200 g/mol. The average molecular weight is 220 g/mol. The highest BCUT2D eigenvalue weighted by molar-refractivity contribution is 5.16. The van der Waals surface area contributed by atoms with E-state index in [4.69, 9.17) is 9.47 Å². The SMILES string of the molecule is CC(C)[C@@H]1O[C@H](c2ccccc2)OC[C@@H]1C. The molecule has 1 aliphatic rings. The van der Waals surface area contributed by atoms with Crippen LogP contribution in [0.1, 0.15) is 32.6 Å². The summed E-state index contributed by atoms with van der Waals surface area (Å²) in [6.45, 7) is 7.37. The number of hydrogen-bond acceptors (Lipinski definition) is 2. The van der Waals surface area contributed by atoms with Gasteiger partial charge in [0.25, 0.3) is 0 Å². The summed E-state index contributed by atoms with van der Waals surface area (Å²) in [6, 6.07) is 10.2. The third-order valence-corrected chi connectivity index (χ3v) is 3.08. The van der Waals surface area contributed by atoms with Crippen LogP contribution in [0.4, 0.5) is 0 Å². The van der Waals surface area contributed by atoms with Crippen molar-refractivity contribution in [3.63, 3.8) is 0 Å². The third kappa shape index (κ3) is 2.45. The molecule has 0 amide bonds. The highest BCUT2D eigenvalue weighted by atomic mass is 16.7. The first-order valence-corrected chi connectivity index (χ1v) is 6.00. The summed E-state index contributed by atoms with van der Waals surface area (Å²) in [5.41, 5.74) is 1.11. The molecular formula is C14H20O2. The van der Waals surface area contributed by atoms with E-state index in [1.807, 2.05) is 18.2 Å². The Labute approximate surface area is 97.6 Å². The first-order valence-electron chi connectivity index (χ1n) is 6.00. The molecule has 0 N–H and O–H groups in total. The molecule has 0 spiro atoms. The van der Waals surface area contributed by atoms with Crippen molar-refractivity contribution in [2.24, 2.45) is 11.8 Å². The molecule has 1 saturated heterocycles. The summed E-state index contributed by atoms with van der Waals surface area (Å²) in [6.07, 6.45) is 0.101. The van der Waals surface area contributed by atoms with Crippen LogP contribution in [0, 0.1) is 11.8 Å². The molecule has 1 aromatic rings. The van der Waals surface area contributed by atoms with Crippen molar-refractivity contribution in [1.29, 1.82) is 0 Å². The van der Waals surface area contributed by atoms with Crippen molar-refractivity contribution < 1.29 is 9.47 Å². The fourth-order valence-electron chi connectivity index (χ4n) is 2.25. The topological polar surface area (TPSA) is 18.5 Å². The first-order chi connectivity index (χ1) is 7.68. The summed E-state index contributed by atoms with van der Waals surface area (Å²) in [4.78, 5) is 0. The Bertz CT molecular complexity index is 321. The van der Waals surface area contributed by atoms with Crippen LogP contribution in [0.15, 0.2) is 30.3 Å². The van der Waals surface area contributed by atoms with Gasteiger partial charge in [0.15, 0.2) is 6.29 Å². The second kappa shape index (κ2) is 4.98. The van der Waals surface area contributed by atoms with Crippen molar-refractivity contribution in [3.05, 3.63) is 35.9 Å². The first kappa shape index (κ1) is 11.6. The lowest BCUT2D eigenvalue weighted by Gasteiger charge is -2.37. The van der Waals surface area contributed by atoms with Crippen molar-refractivity contribution in [2.75, 3.05) is 6.61 Å². The van der Waals surface area contributed by atoms with Gasteiger partial charge in [-0.05, 0) is 5.92 Å². The Kier molecular flexibility index (Phi) is 3.62. The Morgan fingerprint density at radius 3 is 2.50 bits per heavy atom. The van der Waals surface area contributed by atoms with E-state index in [9.17, 15) is 0 Å². The minimum absolute atomic E-state index is 0.190. The Morgan fingerprint density at radius 2 is 1.88 bits per heavy atom. The van der Waals surface area contributed by atoms with E-state index in [0.717, 1.165) is 12.2 Å². The van der Waals surface area contributed by atoms with Gasteiger partial charge in [0.05, 0.1) is 12.7 Å². The van der Waals surface area contributed by atoms with E-state index in [-0.39, 0.29) is 6.29 Å². The fraction of sp³-hybridized carbons (Fsp3) is 0.571. The van der Waals surface area contributed by atoms with E-state index >= 15 is 0 Å². The molecule has 3 atom stereocenters. The van der Waals surface area contributed by atoms with Crippen LogP contribution >= 0.6 is 0 Å². The Morgan fingerprint density at radius 1 is 1.19 bits per heavy atom. The molecule has 0 saturated carbocycles. The maximum Gasteiger partial charge on any atom is 0.184 e. The monoisotopic (exact) mass is 220 g/mol. The molecule has 0 aromatic heterocycles. The van der Waals surface area contributed by atoms with Crippen LogP contribution in [0.5, 0.6) is 0 Å². The largest absolute Gasteiger partial charge is 0.348 e. The van der Waals surface area contributed by atoms with E-state index in [0.29, 0.717) is 17.9 Å². The van der Waals surface area contributed by atoms with Crippen LogP contribution in [-0.4, -0.2) is 12.7 Å². The number of benzene rings is 1. The predicted molar refractivity (Wildman–Crippen MR) is 64.0 cm³/mol. The zero-order valence-electron chi connectivity index (χ0n) is 10.2. The normalized spacial score (nSPS) is 30.6. The predicted octanol–water partition coefficient (Wildman–Crippen LogP) is 3.39. The molecule has 0 unspecified atom stereocenters. The van der Waals surface area contributed by atoms with E-state index in [1.54, 1.807) is 0 Å². The van der Waals surface area contributed by atoms with Crippen LogP contribution in [0.3, 0.4) is 0 Å². The highest BCUT2D eigenvalue weighted by Crippen LogP contribution is 2.32. The molecule has 2 heteroatoms. The second-order valence-electron chi connectivity index (χ2n) is 4.90. The Balaban J connectivity index is 2.09. The van der Waals surface area contributed by atoms with Gasteiger partial charge in [0.1, 0.15) is 0 Å². The van der Waals surface area contributed by atoms with Gasteiger partial charge in [-0.3, -0.25) is 0 Å². The molecule has 1 aromatic carbocycles. The second-order valence-corrected chi connectivity index (χ2v) is 4.90. The lowest BCUT2D eigenvalue weighted by molar-refractivity contribution is -0.248. The van der Waals surface area contributed by atoms with Crippen LogP contribution < -0.4 is 0 Å². The molecule has 2 nitrogen and oxygen atoms in total. The summed E-state index contributed by atoms with van der Waals surface area (Å²) < 4.78 is 11.8. The smallest absolute Gasteiger partial charge is 0.184 e. The standard InChI is InChI=1S/C14H20O2/c1-10(2)13-11(3)9-15-14(16-13)12-7-5-4-6-8-12/h4-8,10-11,13-14H,9H2,1-3H3/t11-,13-,14+/m0/s1. The third-order valence-electron chi connectivity index (χ3n) is 3.08. The van der Waals surface area contributed by atoms with Gasteiger partial charge in [-0.1, -0.05) is 51.1 Å². The zero-order valence-corrected chi connectivity index (χ0v) is 10.2. The van der Waals surface area contributed by atoms with Gasteiger partial charge in [-0.2, -0.15) is 0 Å². The lowest BCUT2D eigenvalue weighted by Crippen LogP contribution is -2.37. The summed E-state index contributed by atoms with van der Waals surface area (Å²) in [7, 11) is 0. The average Bonchev–Trinajstić information content (AvgIpc) is 2.30. The molecule has 2 rings (SSSR count). The number of ether oxygens (including phenoxy) is 2. The maximum absolute atomic E-state index is 6.02. The number of rotatable bonds is 2. The fourth-order valence-corrected chi connectivity index (χ4v) is 2.25. The molecule has 0 bridgehead atoms. The van der Waals surface area contributed by atoms with Crippen LogP contribution in [-0.2, 0) is 9.47 Å². The molecule has 0 radical (unpaired) electrons. The zero-order chi connectivity index (χ0) is 11.5. The highest BCUT2D eigenvalue weighted by Gasteiger charge is 2.31. The molecule has 1 heterocycles. The van der Waals surface area contributed by atoms with Crippen LogP contribution in [0.2, 0.25) is 0 Å². The van der Waals surface area contributed by atoms with Gasteiger partial charge in [-0.15, -0.1) is 0 Å². The summed E-state index contributed by atoms with van der Waals surface area (Å²) >= 11 is 0. The van der Waals surface area contributed by atoms with Crippen molar-refractivity contribution in [3.8, 4) is 0 Å². The van der Waals surface area contributed by atoms with Crippen molar-refractivity contribution in [1.82, 2.24) is 0 Å². The van der Waals surface area contributed by atoms with E-state index < -0.39 is 0 Å². The summed E-state index contributed by atoms with van der Waals surface area (Å²) in [5.74, 6) is 1.00. The lowest BCUT2D eigenvalue weighted by atomic mass is 9.94. The van der Waals surface area contributed by atoms with Gasteiger partial charge < -0.3 is 9.47 Å². The van der Waals surface area contributed by atoms with E-state index in [1.165, 1.54) is 0 Å². The minimum Gasteiger partial charge on any atom is -0.348 e. The molecule has 16 heavy (non-hydrogen) atoms. The Hall–Kier alpha value is -0.860. The maximum atomic E-state index is 6.02. The number of hydrogen-bond donors (Lipinski definition) is 0. The van der Waals surface area contributed by atoms with Crippen LogP contribution in [0.25, 0.3) is 0 Å². The summed E-state index contributed by atoms with van der Waals surface area (Å²) in [5, 5.41) is 0. The van der Waals surface area contributed by atoms with Crippen molar-refractivity contribution >= 4 is 0 Å².